The number of piperidine rings is 1. The SMILES string of the molecule is CC(C)(C)OC(=O)N1CCCC(CNCc2cnccn2)C1. The summed E-state index contributed by atoms with van der Waals surface area (Å²) in [6.45, 7) is 8.81. The quantitative estimate of drug-likeness (QED) is 0.924. The summed E-state index contributed by atoms with van der Waals surface area (Å²) in [5, 5.41) is 3.40. The van der Waals surface area contributed by atoms with Gasteiger partial charge in [0, 0.05) is 44.8 Å². The number of ether oxygens (including phenoxy) is 1. The van der Waals surface area contributed by atoms with E-state index in [2.05, 4.69) is 15.3 Å². The number of carbonyl (C=O) groups excluding carboxylic acids is 1. The van der Waals surface area contributed by atoms with Crippen molar-refractivity contribution in [3.05, 3.63) is 24.3 Å². The molecule has 1 aromatic rings. The van der Waals surface area contributed by atoms with E-state index in [0.717, 1.165) is 38.2 Å². The molecule has 0 aromatic carbocycles. The van der Waals surface area contributed by atoms with E-state index in [1.807, 2.05) is 25.7 Å². The first kappa shape index (κ1) is 16.7. The van der Waals surface area contributed by atoms with Crippen LogP contribution in [0.3, 0.4) is 0 Å². The molecular formula is C16H26N4O2. The Morgan fingerprint density at radius 2 is 2.27 bits per heavy atom. The molecule has 1 aliphatic rings. The number of aromatic nitrogens is 2. The minimum Gasteiger partial charge on any atom is -0.444 e. The number of likely N-dealkylation sites (tertiary alicyclic amines) is 1. The molecule has 1 atom stereocenters. The monoisotopic (exact) mass is 306 g/mol. The fraction of sp³-hybridized carbons (Fsp3) is 0.688. The molecule has 122 valence electrons. The standard InChI is InChI=1S/C16H26N4O2/c1-16(2,3)22-15(21)20-8-4-5-13(12-20)9-18-11-14-10-17-6-7-19-14/h6-7,10,13,18H,4-5,8-9,11-12H2,1-3H3. The fourth-order valence-electron chi connectivity index (χ4n) is 2.55. The van der Waals surface area contributed by atoms with E-state index < -0.39 is 5.60 Å². The largest absolute Gasteiger partial charge is 0.444 e. The first-order valence-corrected chi connectivity index (χ1v) is 7.87. The zero-order chi connectivity index (χ0) is 16.0. The highest BCUT2D eigenvalue weighted by Crippen LogP contribution is 2.18. The Hall–Kier alpha value is -1.69. The number of nitrogens with one attached hydrogen (secondary N) is 1. The molecule has 1 amide bonds. The van der Waals surface area contributed by atoms with Crippen LogP contribution in [0.5, 0.6) is 0 Å². The molecule has 22 heavy (non-hydrogen) atoms. The Bertz CT molecular complexity index is 473. The van der Waals surface area contributed by atoms with Crippen LogP contribution >= 0.6 is 0 Å². The second-order valence-corrected chi connectivity index (χ2v) is 6.76. The van der Waals surface area contributed by atoms with E-state index in [1.165, 1.54) is 0 Å². The molecule has 6 nitrogen and oxygen atoms in total. The number of rotatable bonds is 4. The van der Waals surface area contributed by atoms with Gasteiger partial charge in [-0.05, 0) is 39.5 Å². The number of carbonyl (C=O) groups is 1. The van der Waals surface area contributed by atoms with Crippen LogP contribution in [0.4, 0.5) is 4.79 Å². The number of nitrogens with zero attached hydrogens (tertiary/aromatic N) is 3. The van der Waals surface area contributed by atoms with Gasteiger partial charge >= 0.3 is 6.09 Å². The maximum atomic E-state index is 12.1. The highest BCUT2D eigenvalue weighted by atomic mass is 16.6. The van der Waals surface area contributed by atoms with Gasteiger partial charge in [0.25, 0.3) is 0 Å². The molecule has 1 fully saturated rings. The van der Waals surface area contributed by atoms with Crippen LogP contribution in [-0.4, -0.2) is 46.2 Å². The van der Waals surface area contributed by atoms with Crippen LogP contribution in [0, 0.1) is 5.92 Å². The van der Waals surface area contributed by atoms with Crippen molar-refractivity contribution in [1.29, 1.82) is 0 Å². The minimum absolute atomic E-state index is 0.203. The van der Waals surface area contributed by atoms with Gasteiger partial charge in [-0.3, -0.25) is 9.97 Å². The molecule has 0 radical (unpaired) electrons. The highest BCUT2D eigenvalue weighted by Gasteiger charge is 2.27. The van der Waals surface area contributed by atoms with Crippen molar-refractivity contribution in [1.82, 2.24) is 20.2 Å². The Kier molecular flexibility index (Phi) is 5.71. The summed E-state index contributed by atoms with van der Waals surface area (Å²) < 4.78 is 5.45. The third kappa shape index (κ3) is 5.60. The summed E-state index contributed by atoms with van der Waals surface area (Å²) in [4.78, 5) is 22.2. The number of hydrogen-bond donors (Lipinski definition) is 1. The third-order valence-corrected chi connectivity index (χ3v) is 3.53. The average Bonchev–Trinajstić information content (AvgIpc) is 2.47. The molecule has 0 bridgehead atoms. The summed E-state index contributed by atoms with van der Waals surface area (Å²) in [5.74, 6) is 0.456. The van der Waals surface area contributed by atoms with E-state index in [-0.39, 0.29) is 6.09 Å². The molecule has 1 aromatic heterocycles. The molecule has 1 N–H and O–H groups in total. The van der Waals surface area contributed by atoms with Crippen molar-refractivity contribution in [3.8, 4) is 0 Å². The molecule has 1 saturated heterocycles. The molecular weight excluding hydrogens is 280 g/mol. The maximum Gasteiger partial charge on any atom is 0.410 e. The van der Waals surface area contributed by atoms with E-state index in [0.29, 0.717) is 12.5 Å². The lowest BCUT2D eigenvalue weighted by atomic mass is 9.98. The van der Waals surface area contributed by atoms with Crippen molar-refractivity contribution in [2.45, 2.75) is 45.8 Å². The Labute approximate surface area is 132 Å². The summed E-state index contributed by atoms with van der Waals surface area (Å²) in [6.07, 6.45) is 7.08. The Morgan fingerprint density at radius 1 is 1.45 bits per heavy atom. The summed E-state index contributed by atoms with van der Waals surface area (Å²) in [7, 11) is 0. The van der Waals surface area contributed by atoms with Crippen molar-refractivity contribution in [2.24, 2.45) is 5.92 Å². The third-order valence-electron chi connectivity index (χ3n) is 3.53. The van der Waals surface area contributed by atoms with Gasteiger partial charge in [0.05, 0.1) is 5.69 Å². The average molecular weight is 306 g/mol. The Balaban J connectivity index is 1.75. The first-order valence-electron chi connectivity index (χ1n) is 7.87. The van der Waals surface area contributed by atoms with E-state index in [1.54, 1.807) is 18.6 Å². The van der Waals surface area contributed by atoms with Gasteiger partial charge < -0.3 is 15.0 Å². The van der Waals surface area contributed by atoms with Crippen LogP contribution in [0.2, 0.25) is 0 Å². The fourth-order valence-corrected chi connectivity index (χ4v) is 2.55. The number of hydrogen-bond acceptors (Lipinski definition) is 5. The zero-order valence-corrected chi connectivity index (χ0v) is 13.7. The lowest BCUT2D eigenvalue weighted by Crippen LogP contribution is -2.45. The predicted molar refractivity (Wildman–Crippen MR) is 84.3 cm³/mol. The molecule has 1 unspecified atom stereocenters. The lowest BCUT2D eigenvalue weighted by molar-refractivity contribution is 0.0166. The van der Waals surface area contributed by atoms with Crippen LogP contribution < -0.4 is 5.32 Å². The van der Waals surface area contributed by atoms with Crippen LogP contribution in [0.25, 0.3) is 0 Å². The molecule has 2 rings (SSSR count). The van der Waals surface area contributed by atoms with E-state index >= 15 is 0 Å². The normalized spacial score (nSPS) is 19.0. The smallest absolute Gasteiger partial charge is 0.410 e. The topological polar surface area (TPSA) is 67.3 Å². The van der Waals surface area contributed by atoms with Crippen molar-refractivity contribution < 1.29 is 9.53 Å². The van der Waals surface area contributed by atoms with E-state index in [9.17, 15) is 4.79 Å². The first-order chi connectivity index (χ1) is 10.4. The van der Waals surface area contributed by atoms with Gasteiger partial charge in [-0.1, -0.05) is 0 Å². The second-order valence-electron chi connectivity index (χ2n) is 6.76. The van der Waals surface area contributed by atoms with Crippen molar-refractivity contribution in [3.63, 3.8) is 0 Å². The van der Waals surface area contributed by atoms with Crippen LogP contribution in [-0.2, 0) is 11.3 Å². The van der Waals surface area contributed by atoms with Gasteiger partial charge in [0.15, 0.2) is 0 Å². The van der Waals surface area contributed by atoms with Gasteiger partial charge in [0.2, 0.25) is 0 Å². The van der Waals surface area contributed by atoms with Gasteiger partial charge in [-0.25, -0.2) is 4.79 Å². The van der Waals surface area contributed by atoms with Crippen LogP contribution in [0.15, 0.2) is 18.6 Å². The summed E-state index contributed by atoms with van der Waals surface area (Å²) in [6, 6.07) is 0. The summed E-state index contributed by atoms with van der Waals surface area (Å²) in [5.41, 5.74) is 0.496. The Morgan fingerprint density at radius 3 is 2.95 bits per heavy atom. The van der Waals surface area contributed by atoms with Gasteiger partial charge in [0.1, 0.15) is 5.60 Å². The highest BCUT2D eigenvalue weighted by molar-refractivity contribution is 5.68. The lowest BCUT2D eigenvalue weighted by Gasteiger charge is -2.34. The zero-order valence-electron chi connectivity index (χ0n) is 13.7. The molecule has 2 heterocycles. The van der Waals surface area contributed by atoms with Gasteiger partial charge in [-0.15, -0.1) is 0 Å². The number of amides is 1. The van der Waals surface area contributed by atoms with Crippen LogP contribution in [0.1, 0.15) is 39.3 Å². The van der Waals surface area contributed by atoms with E-state index in [4.69, 9.17) is 4.74 Å². The van der Waals surface area contributed by atoms with Crippen molar-refractivity contribution >= 4 is 6.09 Å². The predicted octanol–water partition coefficient (Wildman–Crippen LogP) is 2.21. The molecule has 1 aliphatic heterocycles. The molecule has 0 aliphatic carbocycles. The summed E-state index contributed by atoms with van der Waals surface area (Å²) >= 11 is 0. The second kappa shape index (κ2) is 7.54. The molecule has 6 heteroatoms. The van der Waals surface area contributed by atoms with Crippen molar-refractivity contribution in [2.75, 3.05) is 19.6 Å². The maximum absolute atomic E-state index is 12.1. The molecule has 0 saturated carbocycles. The minimum atomic E-state index is -0.436. The van der Waals surface area contributed by atoms with Gasteiger partial charge in [-0.2, -0.15) is 0 Å². The molecule has 0 spiro atoms.